The Morgan fingerprint density at radius 2 is 2.33 bits per heavy atom. The predicted octanol–water partition coefficient (Wildman–Crippen LogP) is 2.08. The van der Waals surface area contributed by atoms with Gasteiger partial charge in [0.1, 0.15) is 0 Å². The van der Waals surface area contributed by atoms with Gasteiger partial charge in [0.25, 0.3) is 0 Å². The van der Waals surface area contributed by atoms with Crippen LogP contribution >= 0.6 is 0 Å². The van der Waals surface area contributed by atoms with Crippen molar-refractivity contribution in [2.75, 3.05) is 20.3 Å². The second kappa shape index (κ2) is 6.53. The lowest BCUT2D eigenvalue weighted by molar-refractivity contribution is 0.114. The van der Waals surface area contributed by atoms with Gasteiger partial charge in [-0.15, -0.1) is 0 Å². The second-order valence-corrected chi connectivity index (χ2v) is 3.59. The van der Waals surface area contributed by atoms with Crippen LogP contribution in [0.5, 0.6) is 0 Å². The molecule has 0 aromatic carbocycles. The summed E-state index contributed by atoms with van der Waals surface area (Å²) in [7, 11) is 1.95. The van der Waals surface area contributed by atoms with E-state index in [-0.39, 0.29) is 6.04 Å². The third-order valence-electron chi connectivity index (χ3n) is 2.40. The lowest BCUT2D eigenvalue weighted by Crippen LogP contribution is -2.23. The van der Waals surface area contributed by atoms with Crippen molar-refractivity contribution in [2.45, 2.75) is 26.3 Å². The van der Waals surface area contributed by atoms with E-state index in [1.54, 1.807) is 0 Å². The lowest BCUT2D eigenvalue weighted by atomic mass is 10.1. The summed E-state index contributed by atoms with van der Waals surface area (Å²) < 4.78 is 5.55. The number of ether oxygens (including phenoxy) is 1. The van der Waals surface area contributed by atoms with Gasteiger partial charge in [0.05, 0.1) is 12.6 Å². The highest BCUT2D eigenvalue weighted by atomic mass is 16.5. The molecule has 0 saturated carbocycles. The number of pyridine rings is 1. The van der Waals surface area contributed by atoms with Crippen molar-refractivity contribution < 1.29 is 4.74 Å². The molecule has 0 spiro atoms. The first kappa shape index (κ1) is 12.1. The molecule has 1 unspecified atom stereocenters. The van der Waals surface area contributed by atoms with Gasteiger partial charge in [-0.1, -0.05) is 13.0 Å². The van der Waals surface area contributed by atoms with Gasteiger partial charge < -0.3 is 10.1 Å². The number of rotatable bonds is 6. The van der Waals surface area contributed by atoms with Gasteiger partial charge in [-0.2, -0.15) is 0 Å². The van der Waals surface area contributed by atoms with Crippen molar-refractivity contribution in [2.24, 2.45) is 0 Å². The van der Waals surface area contributed by atoms with Gasteiger partial charge in [0.2, 0.25) is 0 Å². The van der Waals surface area contributed by atoms with Gasteiger partial charge in [0, 0.05) is 18.5 Å². The van der Waals surface area contributed by atoms with Gasteiger partial charge in [-0.25, -0.2) is 0 Å². The Balaban J connectivity index is 2.61. The van der Waals surface area contributed by atoms with Crippen LogP contribution in [0.25, 0.3) is 0 Å². The largest absolute Gasteiger partial charge is 0.379 e. The molecule has 0 radical (unpaired) electrons. The SMILES string of the molecule is CCCOCC(NC)c1cccnc1C. The Morgan fingerprint density at radius 1 is 1.53 bits per heavy atom. The fraction of sp³-hybridized carbons (Fsp3) is 0.583. The molecule has 0 amide bonds. The van der Waals surface area contributed by atoms with E-state index in [2.05, 4.69) is 23.3 Å². The molecule has 0 fully saturated rings. The fourth-order valence-electron chi connectivity index (χ4n) is 1.54. The molecule has 15 heavy (non-hydrogen) atoms. The summed E-state index contributed by atoms with van der Waals surface area (Å²) in [4.78, 5) is 4.28. The van der Waals surface area contributed by atoms with Crippen LogP contribution in [0.3, 0.4) is 0 Å². The third-order valence-corrected chi connectivity index (χ3v) is 2.40. The number of aromatic nitrogens is 1. The molecule has 1 atom stereocenters. The molecular formula is C12H20N2O. The van der Waals surface area contributed by atoms with Crippen LogP contribution in [0.15, 0.2) is 18.3 Å². The van der Waals surface area contributed by atoms with E-state index in [9.17, 15) is 0 Å². The number of nitrogens with one attached hydrogen (secondary N) is 1. The quantitative estimate of drug-likeness (QED) is 0.727. The van der Waals surface area contributed by atoms with Crippen molar-refractivity contribution in [3.63, 3.8) is 0 Å². The molecule has 0 aliphatic rings. The maximum Gasteiger partial charge on any atom is 0.0662 e. The molecule has 0 aliphatic heterocycles. The zero-order valence-corrected chi connectivity index (χ0v) is 9.79. The lowest BCUT2D eigenvalue weighted by Gasteiger charge is -2.18. The van der Waals surface area contributed by atoms with Crippen LogP contribution in [0.4, 0.5) is 0 Å². The van der Waals surface area contributed by atoms with E-state index >= 15 is 0 Å². The van der Waals surface area contributed by atoms with Crippen LogP contribution in [0, 0.1) is 6.92 Å². The van der Waals surface area contributed by atoms with Gasteiger partial charge >= 0.3 is 0 Å². The van der Waals surface area contributed by atoms with E-state index in [0.29, 0.717) is 6.61 Å². The van der Waals surface area contributed by atoms with Crippen molar-refractivity contribution in [1.29, 1.82) is 0 Å². The molecule has 0 aliphatic carbocycles. The highest BCUT2D eigenvalue weighted by Crippen LogP contribution is 2.15. The highest BCUT2D eigenvalue weighted by molar-refractivity contribution is 5.22. The number of hydrogen-bond donors (Lipinski definition) is 1. The average Bonchev–Trinajstić information content (AvgIpc) is 2.26. The minimum Gasteiger partial charge on any atom is -0.379 e. The van der Waals surface area contributed by atoms with E-state index < -0.39 is 0 Å². The van der Waals surface area contributed by atoms with Gasteiger partial charge in [-0.3, -0.25) is 4.98 Å². The third kappa shape index (κ3) is 3.61. The maximum absolute atomic E-state index is 5.55. The topological polar surface area (TPSA) is 34.1 Å². The summed E-state index contributed by atoms with van der Waals surface area (Å²) in [5.41, 5.74) is 2.29. The molecule has 0 saturated heterocycles. The van der Waals surface area contributed by atoms with Crippen molar-refractivity contribution in [1.82, 2.24) is 10.3 Å². The van der Waals surface area contributed by atoms with E-state index in [4.69, 9.17) is 4.74 Å². The summed E-state index contributed by atoms with van der Waals surface area (Å²) in [6.45, 7) is 5.66. The Hall–Kier alpha value is -0.930. The highest BCUT2D eigenvalue weighted by Gasteiger charge is 2.11. The molecule has 1 aromatic rings. The molecule has 84 valence electrons. The van der Waals surface area contributed by atoms with Crippen molar-refractivity contribution in [3.05, 3.63) is 29.6 Å². The smallest absolute Gasteiger partial charge is 0.0662 e. The Morgan fingerprint density at radius 3 is 2.93 bits per heavy atom. The fourth-order valence-corrected chi connectivity index (χ4v) is 1.54. The minimum absolute atomic E-state index is 0.241. The maximum atomic E-state index is 5.55. The normalized spacial score (nSPS) is 12.7. The summed E-state index contributed by atoms with van der Waals surface area (Å²) >= 11 is 0. The molecule has 1 rings (SSSR count). The minimum atomic E-state index is 0.241. The zero-order valence-electron chi connectivity index (χ0n) is 9.79. The first-order valence-corrected chi connectivity index (χ1v) is 5.46. The molecule has 3 heteroatoms. The summed E-state index contributed by atoms with van der Waals surface area (Å²) in [6.07, 6.45) is 2.88. The number of hydrogen-bond acceptors (Lipinski definition) is 3. The summed E-state index contributed by atoms with van der Waals surface area (Å²) in [6, 6.07) is 4.30. The van der Waals surface area contributed by atoms with Crippen LogP contribution in [0.1, 0.15) is 30.6 Å². The van der Waals surface area contributed by atoms with Crippen molar-refractivity contribution in [3.8, 4) is 0 Å². The molecule has 1 heterocycles. The number of aryl methyl sites for hydroxylation is 1. The Labute approximate surface area is 91.9 Å². The van der Waals surface area contributed by atoms with Crippen LogP contribution in [0.2, 0.25) is 0 Å². The van der Waals surface area contributed by atoms with Crippen LogP contribution < -0.4 is 5.32 Å². The summed E-state index contributed by atoms with van der Waals surface area (Å²) in [5.74, 6) is 0. The van der Waals surface area contributed by atoms with Crippen LogP contribution in [-0.2, 0) is 4.74 Å². The zero-order chi connectivity index (χ0) is 11.1. The first-order chi connectivity index (χ1) is 7.29. The Bertz CT molecular complexity index is 289. The molecular weight excluding hydrogens is 188 g/mol. The van der Waals surface area contributed by atoms with E-state index in [1.807, 2.05) is 26.2 Å². The number of likely N-dealkylation sites (N-methyl/N-ethyl adjacent to an activating group) is 1. The van der Waals surface area contributed by atoms with Gasteiger partial charge in [0.15, 0.2) is 0 Å². The monoisotopic (exact) mass is 208 g/mol. The number of nitrogens with zero attached hydrogens (tertiary/aromatic N) is 1. The average molecular weight is 208 g/mol. The molecule has 1 N–H and O–H groups in total. The standard InChI is InChI=1S/C12H20N2O/c1-4-8-15-9-12(13-3)11-6-5-7-14-10(11)2/h5-7,12-13H,4,8-9H2,1-3H3. The van der Waals surface area contributed by atoms with Gasteiger partial charge in [-0.05, 0) is 32.0 Å². The second-order valence-electron chi connectivity index (χ2n) is 3.59. The molecule has 0 bridgehead atoms. The molecule has 1 aromatic heterocycles. The Kier molecular flexibility index (Phi) is 5.29. The first-order valence-electron chi connectivity index (χ1n) is 5.46. The van der Waals surface area contributed by atoms with E-state index in [1.165, 1.54) is 5.56 Å². The van der Waals surface area contributed by atoms with E-state index in [0.717, 1.165) is 18.7 Å². The van der Waals surface area contributed by atoms with Crippen LogP contribution in [-0.4, -0.2) is 25.2 Å². The predicted molar refractivity (Wildman–Crippen MR) is 61.9 cm³/mol. The van der Waals surface area contributed by atoms with Crippen molar-refractivity contribution >= 4 is 0 Å². The summed E-state index contributed by atoms with van der Waals surface area (Å²) in [5, 5.41) is 3.25. The molecule has 3 nitrogen and oxygen atoms in total.